The molecule has 88 valence electrons. The Kier molecular flexibility index (Phi) is 3.34. The van der Waals surface area contributed by atoms with Crippen LogP contribution in [0.1, 0.15) is 46.6 Å². The lowest BCUT2D eigenvalue weighted by molar-refractivity contribution is 0.459. The predicted molar refractivity (Wildman–Crippen MR) is 70.2 cm³/mol. The highest BCUT2D eigenvalue weighted by atomic mass is 14.9. The maximum Gasteiger partial charge on any atom is 0.00203 e. The first-order valence-electron chi connectivity index (χ1n) is 6.39. The number of hydrogen-bond donors (Lipinski definition) is 1. The van der Waals surface area contributed by atoms with Crippen molar-refractivity contribution in [2.75, 3.05) is 13.1 Å². The van der Waals surface area contributed by atoms with E-state index in [1.807, 2.05) is 0 Å². The van der Waals surface area contributed by atoms with Crippen LogP contribution in [0.3, 0.4) is 0 Å². The average Bonchev–Trinajstić information content (AvgIpc) is 2.28. The number of piperidine rings is 1. The molecule has 0 spiro atoms. The first kappa shape index (κ1) is 11.7. The summed E-state index contributed by atoms with van der Waals surface area (Å²) in [6.45, 7) is 11.4. The van der Waals surface area contributed by atoms with Gasteiger partial charge in [0.25, 0.3) is 0 Å². The van der Waals surface area contributed by atoms with Gasteiger partial charge in [0.2, 0.25) is 0 Å². The minimum absolute atomic E-state index is 0.729. The molecular weight excluding hydrogens is 194 g/mol. The van der Waals surface area contributed by atoms with E-state index in [2.05, 4.69) is 39.1 Å². The molecule has 2 rings (SSSR count). The fourth-order valence-corrected chi connectivity index (χ4v) is 2.96. The Morgan fingerprint density at radius 3 is 2.19 bits per heavy atom. The molecule has 1 aromatic rings. The van der Waals surface area contributed by atoms with E-state index in [0.717, 1.165) is 12.5 Å². The van der Waals surface area contributed by atoms with Gasteiger partial charge in [0, 0.05) is 6.54 Å². The highest BCUT2D eigenvalue weighted by Crippen LogP contribution is 2.32. The first-order chi connectivity index (χ1) is 7.61. The normalized spacial score (nSPS) is 21.1. The van der Waals surface area contributed by atoms with Crippen molar-refractivity contribution in [3.8, 4) is 0 Å². The van der Waals surface area contributed by atoms with Gasteiger partial charge in [-0.25, -0.2) is 0 Å². The maximum atomic E-state index is 3.53. The molecule has 1 saturated heterocycles. The number of aryl methyl sites for hydroxylation is 2. The number of benzene rings is 1. The molecule has 0 aliphatic carbocycles. The summed E-state index contributed by atoms with van der Waals surface area (Å²) in [5.41, 5.74) is 7.53. The summed E-state index contributed by atoms with van der Waals surface area (Å²) in [6, 6.07) is 2.32. The number of rotatable bonds is 1. The van der Waals surface area contributed by atoms with Crippen LogP contribution in [0.5, 0.6) is 0 Å². The third-order valence-electron chi connectivity index (χ3n) is 4.13. The zero-order valence-corrected chi connectivity index (χ0v) is 11.0. The quantitative estimate of drug-likeness (QED) is 0.760. The summed E-state index contributed by atoms with van der Waals surface area (Å²) in [7, 11) is 0. The highest BCUT2D eigenvalue weighted by molar-refractivity contribution is 5.46. The van der Waals surface area contributed by atoms with Gasteiger partial charge in [0.15, 0.2) is 0 Å². The Labute approximate surface area is 99.3 Å². The lowest BCUT2D eigenvalue weighted by atomic mass is 9.82. The second-order valence-corrected chi connectivity index (χ2v) is 5.22. The van der Waals surface area contributed by atoms with E-state index in [4.69, 9.17) is 0 Å². The fourth-order valence-electron chi connectivity index (χ4n) is 2.96. The van der Waals surface area contributed by atoms with Crippen LogP contribution in [0.4, 0.5) is 0 Å². The molecule has 1 atom stereocenters. The van der Waals surface area contributed by atoms with Gasteiger partial charge in [-0.15, -0.1) is 0 Å². The van der Waals surface area contributed by atoms with Crippen LogP contribution in [0.2, 0.25) is 0 Å². The van der Waals surface area contributed by atoms with Crippen LogP contribution in [0.15, 0.2) is 6.07 Å². The predicted octanol–water partition coefficient (Wildman–Crippen LogP) is 3.39. The van der Waals surface area contributed by atoms with Gasteiger partial charge in [-0.2, -0.15) is 0 Å². The van der Waals surface area contributed by atoms with Gasteiger partial charge in [-0.1, -0.05) is 6.07 Å². The third kappa shape index (κ3) is 2.01. The Balaban J connectivity index is 2.45. The summed E-state index contributed by atoms with van der Waals surface area (Å²) in [4.78, 5) is 0. The summed E-state index contributed by atoms with van der Waals surface area (Å²) >= 11 is 0. The van der Waals surface area contributed by atoms with E-state index >= 15 is 0 Å². The Hall–Kier alpha value is -0.820. The molecule has 0 radical (unpaired) electrons. The lowest BCUT2D eigenvalue weighted by Gasteiger charge is -2.27. The van der Waals surface area contributed by atoms with Crippen LogP contribution in [-0.4, -0.2) is 13.1 Å². The molecule has 1 nitrogen and oxygen atoms in total. The van der Waals surface area contributed by atoms with Crippen molar-refractivity contribution in [2.24, 2.45) is 0 Å². The number of hydrogen-bond acceptors (Lipinski definition) is 1. The fraction of sp³-hybridized carbons (Fsp3) is 0.600. The molecular formula is C15H23N. The Morgan fingerprint density at radius 2 is 1.69 bits per heavy atom. The van der Waals surface area contributed by atoms with Crippen molar-refractivity contribution in [1.82, 2.24) is 5.32 Å². The van der Waals surface area contributed by atoms with Crippen LogP contribution in [0.25, 0.3) is 0 Å². The average molecular weight is 217 g/mol. The molecule has 1 unspecified atom stereocenters. The molecule has 1 heterocycles. The van der Waals surface area contributed by atoms with Gasteiger partial charge < -0.3 is 5.32 Å². The van der Waals surface area contributed by atoms with Gasteiger partial charge in [0.05, 0.1) is 0 Å². The van der Waals surface area contributed by atoms with E-state index in [9.17, 15) is 0 Å². The molecule has 1 N–H and O–H groups in total. The largest absolute Gasteiger partial charge is 0.316 e. The van der Waals surface area contributed by atoms with E-state index in [0.29, 0.717) is 0 Å². The van der Waals surface area contributed by atoms with Crippen molar-refractivity contribution >= 4 is 0 Å². The van der Waals surface area contributed by atoms with Gasteiger partial charge in [-0.3, -0.25) is 0 Å². The standard InChI is InChI=1S/C15H23N/c1-10-8-11(2)13(4)15(12(10)3)14-6-5-7-16-9-14/h8,14,16H,5-7,9H2,1-4H3. The first-order valence-corrected chi connectivity index (χ1v) is 6.39. The molecule has 1 aliphatic rings. The van der Waals surface area contributed by atoms with Gasteiger partial charge in [-0.05, 0) is 80.8 Å². The van der Waals surface area contributed by atoms with Crippen molar-refractivity contribution in [3.63, 3.8) is 0 Å². The van der Waals surface area contributed by atoms with Gasteiger partial charge in [0.1, 0.15) is 0 Å². The van der Waals surface area contributed by atoms with Crippen molar-refractivity contribution < 1.29 is 0 Å². The van der Waals surface area contributed by atoms with Crippen molar-refractivity contribution in [1.29, 1.82) is 0 Å². The molecule has 0 saturated carbocycles. The van der Waals surface area contributed by atoms with E-state index in [1.54, 1.807) is 5.56 Å². The second-order valence-electron chi connectivity index (χ2n) is 5.22. The van der Waals surface area contributed by atoms with Crippen molar-refractivity contribution in [2.45, 2.75) is 46.5 Å². The summed E-state index contributed by atoms with van der Waals surface area (Å²) in [6.07, 6.45) is 2.66. The van der Waals surface area contributed by atoms with E-state index < -0.39 is 0 Å². The minimum Gasteiger partial charge on any atom is -0.316 e. The lowest BCUT2D eigenvalue weighted by Crippen LogP contribution is -2.29. The third-order valence-corrected chi connectivity index (χ3v) is 4.13. The van der Waals surface area contributed by atoms with Crippen LogP contribution in [0, 0.1) is 27.7 Å². The second kappa shape index (κ2) is 4.58. The summed E-state index contributed by atoms with van der Waals surface area (Å²) < 4.78 is 0. The summed E-state index contributed by atoms with van der Waals surface area (Å²) in [5, 5.41) is 3.53. The van der Waals surface area contributed by atoms with Gasteiger partial charge >= 0.3 is 0 Å². The van der Waals surface area contributed by atoms with Crippen LogP contribution in [-0.2, 0) is 0 Å². The summed E-state index contributed by atoms with van der Waals surface area (Å²) in [5.74, 6) is 0.729. The topological polar surface area (TPSA) is 12.0 Å². The molecule has 16 heavy (non-hydrogen) atoms. The smallest absolute Gasteiger partial charge is 0.00203 e. The molecule has 0 amide bonds. The monoisotopic (exact) mass is 217 g/mol. The van der Waals surface area contributed by atoms with Crippen molar-refractivity contribution in [3.05, 3.63) is 33.9 Å². The Bertz CT molecular complexity index is 361. The minimum atomic E-state index is 0.729. The molecule has 0 aromatic heterocycles. The molecule has 1 aromatic carbocycles. The van der Waals surface area contributed by atoms with Crippen LogP contribution < -0.4 is 5.32 Å². The highest BCUT2D eigenvalue weighted by Gasteiger charge is 2.20. The molecule has 1 heteroatoms. The van der Waals surface area contributed by atoms with Crippen LogP contribution >= 0.6 is 0 Å². The Morgan fingerprint density at radius 1 is 1.06 bits per heavy atom. The molecule has 0 bridgehead atoms. The zero-order valence-electron chi connectivity index (χ0n) is 11.0. The zero-order chi connectivity index (χ0) is 11.7. The molecule has 1 fully saturated rings. The van der Waals surface area contributed by atoms with E-state index in [1.165, 1.54) is 41.6 Å². The maximum absolute atomic E-state index is 3.53. The van der Waals surface area contributed by atoms with E-state index in [-0.39, 0.29) is 0 Å². The molecule has 1 aliphatic heterocycles. The number of nitrogens with one attached hydrogen (secondary N) is 1. The SMILES string of the molecule is Cc1cc(C)c(C)c(C2CCCNC2)c1C.